The second kappa shape index (κ2) is 8.59. The predicted molar refractivity (Wildman–Crippen MR) is 89.1 cm³/mol. The van der Waals surface area contributed by atoms with Crippen LogP contribution in [0.5, 0.6) is 5.75 Å². The van der Waals surface area contributed by atoms with Crippen LogP contribution in [0.4, 0.5) is 4.39 Å². The average Bonchev–Trinajstić information content (AvgIpc) is 2.62. The van der Waals surface area contributed by atoms with E-state index in [2.05, 4.69) is 5.32 Å². The molecule has 0 aliphatic carbocycles. The Labute approximate surface area is 146 Å². The Bertz CT molecular complexity index is 702. The minimum absolute atomic E-state index is 0.00639. The lowest BCUT2D eigenvalue weighted by atomic mass is 9.97. The number of amides is 1. The van der Waals surface area contributed by atoms with Crippen molar-refractivity contribution in [3.63, 3.8) is 0 Å². The van der Waals surface area contributed by atoms with Crippen molar-refractivity contribution in [3.8, 4) is 5.75 Å². The van der Waals surface area contributed by atoms with Gasteiger partial charge < -0.3 is 15.2 Å². The van der Waals surface area contributed by atoms with Crippen LogP contribution >= 0.6 is 0 Å². The normalized spacial score (nSPS) is 16.6. The number of aliphatic hydroxyl groups is 1. The van der Waals surface area contributed by atoms with Crippen LogP contribution in [0.1, 0.15) is 19.3 Å². The Morgan fingerprint density at radius 3 is 2.68 bits per heavy atom. The molecule has 7 nitrogen and oxygen atoms in total. The molecule has 1 aromatic carbocycles. The molecule has 2 rings (SSSR count). The highest BCUT2D eigenvalue weighted by Gasteiger charge is 2.33. The molecule has 140 valence electrons. The maximum atomic E-state index is 13.5. The summed E-state index contributed by atoms with van der Waals surface area (Å²) in [6.45, 7) is 0.765. The first kappa shape index (κ1) is 19.6. The molecule has 25 heavy (non-hydrogen) atoms. The summed E-state index contributed by atoms with van der Waals surface area (Å²) >= 11 is 0. The quantitative estimate of drug-likeness (QED) is 0.686. The van der Waals surface area contributed by atoms with Crippen LogP contribution in [0.25, 0.3) is 0 Å². The van der Waals surface area contributed by atoms with E-state index in [9.17, 15) is 17.6 Å². The monoisotopic (exact) mass is 374 g/mol. The summed E-state index contributed by atoms with van der Waals surface area (Å²) in [6, 6.07) is 3.37. The maximum Gasteiger partial charge on any atom is 0.246 e. The first-order valence-corrected chi connectivity index (χ1v) is 9.56. The number of carbonyl (C=O) groups is 1. The van der Waals surface area contributed by atoms with Gasteiger partial charge in [0.1, 0.15) is 16.5 Å². The molecular weight excluding hydrogens is 351 g/mol. The number of benzene rings is 1. The topological polar surface area (TPSA) is 95.9 Å². The number of nitrogens with zero attached hydrogens (tertiary/aromatic N) is 1. The fourth-order valence-corrected chi connectivity index (χ4v) is 4.42. The molecule has 1 aliphatic heterocycles. The zero-order valence-electron chi connectivity index (χ0n) is 14.1. The molecule has 9 heteroatoms. The van der Waals surface area contributed by atoms with Gasteiger partial charge in [-0.1, -0.05) is 0 Å². The number of carbonyl (C=O) groups excluding carboxylic acids is 1. The second-order valence-electron chi connectivity index (χ2n) is 5.84. The van der Waals surface area contributed by atoms with Gasteiger partial charge in [-0.05, 0) is 37.5 Å². The summed E-state index contributed by atoms with van der Waals surface area (Å²) in [7, 11) is -2.57. The minimum Gasteiger partial charge on any atom is -0.495 e. The van der Waals surface area contributed by atoms with Gasteiger partial charge in [0, 0.05) is 32.2 Å². The number of nitrogens with one attached hydrogen (secondary N) is 1. The average molecular weight is 374 g/mol. The molecule has 0 saturated carbocycles. The molecule has 2 N–H and O–H groups in total. The van der Waals surface area contributed by atoms with Gasteiger partial charge in [0.2, 0.25) is 15.9 Å². The van der Waals surface area contributed by atoms with Crippen LogP contribution < -0.4 is 10.1 Å². The van der Waals surface area contributed by atoms with Gasteiger partial charge in [0.05, 0.1) is 7.11 Å². The Hall–Kier alpha value is -1.71. The summed E-state index contributed by atoms with van der Waals surface area (Å²) in [4.78, 5) is 11.8. The first-order chi connectivity index (χ1) is 11.9. The van der Waals surface area contributed by atoms with Crippen LogP contribution in [0, 0.1) is 11.7 Å². The Morgan fingerprint density at radius 2 is 2.08 bits per heavy atom. The molecule has 0 aromatic heterocycles. The van der Waals surface area contributed by atoms with Gasteiger partial charge in [0.25, 0.3) is 0 Å². The molecule has 0 bridgehead atoms. The molecule has 1 aromatic rings. The number of piperidine rings is 1. The van der Waals surface area contributed by atoms with Gasteiger partial charge in [0.15, 0.2) is 0 Å². The Morgan fingerprint density at radius 1 is 1.40 bits per heavy atom. The van der Waals surface area contributed by atoms with Crippen LogP contribution in [-0.2, 0) is 14.8 Å². The lowest BCUT2D eigenvalue weighted by Gasteiger charge is -2.30. The third kappa shape index (κ3) is 4.68. The number of sulfonamides is 1. The van der Waals surface area contributed by atoms with Gasteiger partial charge in [-0.2, -0.15) is 4.31 Å². The predicted octanol–water partition coefficient (Wildman–Crippen LogP) is 0.734. The zero-order valence-corrected chi connectivity index (χ0v) is 14.9. The lowest BCUT2D eigenvalue weighted by molar-refractivity contribution is -0.126. The minimum atomic E-state index is -3.89. The van der Waals surface area contributed by atoms with E-state index in [4.69, 9.17) is 9.84 Å². The van der Waals surface area contributed by atoms with Gasteiger partial charge >= 0.3 is 0 Å². The summed E-state index contributed by atoms with van der Waals surface area (Å²) in [5.41, 5.74) is 0. The largest absolute Gasteiger partial charge is 0.495 e. The van der Waals surface area contributed by atoms with E-state index in [-0.39, 0.29) is 42.2 Å². The summed E-state index contributed by atoms with van der Waals surface area (Å²) < 4.78 is 45.3. The molecule has 0 spiro atoms. The van der Waals surface area contributed by atoms with E-state index in [1.807, 2.05) is 0 Å². The van der Waals surface area contributed by atoms with E-state index >= 15 is 0 Å². The Kier molecular flexibility index (Phi) is 6.74. The molecule has 1 fully saturated rings. The van der Waals surface area contributed by atoms with Crippen molar-refractivity contribution >= 4 is 15.9 Å². The van der Waals surface area contributed by atoms with E-state index in [0.717, 1.165) is 12.1 Å². The fraction of sp³-hybridized carbons (Fsp3) is 0.562. The molecule has 0 atom stereocenters. The number of hydrogen-bond donors (Lipinski definition) is 2. The third-order valence-corrected chi connectivity index (χ3v) is 6.12. The zero-order chi connectivity index (χ0) is 18.4. The van der Waals surface area contributed by atoms with Crippen molar-refractivity contribution in [1.29, 1.82) is 0 Å². The van der Waals surface area contributed by atoms with Crippen LogP contribution in [0.15, 0.2) is 23.1 Å². The molecule has 0 unspecified atom stereocenters. The number of aliphatic hydroxyl groups excluding tert-OH is 1. The maximum absolute atomic E-state index is 13.5. The molecule has 1 heterocycles. The highest BCUT2D eigenvalue weighted by Crippen LogP contribution is 2.30. The SMILES string of the molecule is COc1ccc(F)cc1S(=O)(=O)N1CCC(C(=O)NCCCO)CC1. The van der Waals surface area contributed by atoms with Gasteiger partial charge in [-0.3, -0.25) is 4.79 Å². The van der Waals surface area contributed by atoms with Crippen molar-refractivity contribution in [3.05, 3.63) is 24.0 Å². The van der Waals surface area contributed by atoms with Gasteiger partial charge in [-0.25, -0.2) is 12.8 Å². The van der Waals surface area contributed by atoms with Crippen molar-refractivity contribution < 1.29 is 27.4 Å². The van der Waals surface area contributed by atoms with Crippen molar-refractivity contribution in [2.45, 2.75) is 24.2 Å². The number of halogens is 1. The smallest absolute Gasteiger partial charge is 0.246 e. The van der Waals surface area contributed by atoms with E-state index in [1.54, 1.807) is 0 Å². The van der Waals surface area contributed by atoms with E-state index < -0.39 is 15.8 Å². The number of ether oxygens (including phenoxy) is 1. The van der Waals surface area contributed by atoms with Crippen molar-refractivity contribution in [2.24, 2.45) is 5.92 Å². The number of hydrogen-bond acceptors (Lipinski definition) is 5. The highest BCUT2D eigenvalue weighted by molar-refractivity contribution is 7.89. The molecule has 1 amide bonds. The summed E-state index contributed by atoms with van der Waals surface area (Å²) in [6.07, 6.45) is 1.27. The second-order valence-corrected chi connectivity index (χ2v) is 7.75. The Balaban J connectivity index is 2.04. The van der Waals surface area contributed by atoms with Crippen LogP contribution in [0.3, 0.4) is 0 Å². The van der Waals surface area contributed by atoms with Crippen LogP contribution in [0.2, 0.25) is 0 Å². The number of rotatable bonds is 7. The fourth-order valence-electron chi connectivity index (χ4n) is 2.78. The molecular formula is C16H23FN2O5S. The summed E-state index contributed by atoms with van der Waals surface area (Å²) in [5.74, 6) is -0.962. The molecule has 1 aliphatic rings. The third-order valence-electron chi connectivity index (χ3n) is 4.20. The summed E-state index contributed by atoms with van der Waals surface area (Å²) in [5, 5.41) is 11.5. The highest BCUT2D eigenvalue weighted by atomic mass is 32.2. The molecule has 1 saturated heterocycles. The lowest BCUT2D eigenvalue weighted by Crippen LogP contribution is -2.43. The number of methoxy groups -OCH3 is 1. The van der Waals surface area contributed by atoms with E-state index in [0.29, 0.717) is 25.8 Å². The van der Waals surface area contributed by atoms with Crippen molar-refractivity contribution in [1.82, 2.24) is 9.62 Å². The van der Waals surface area contributed by atoms with Crippen molar-refractivity contribution in [2.75, 3.05) is 33.4 Å². The van der Waals surface area contributed by atoms with E-state index in [1.165, 1.54) is 17.5 Å². The van der Waals surface area contributed by atoms with Gasteiger partial charge in [-0.15, -0.1) is 0 Å². The first-order valence-electron chi connectivity index (χ1n) is 8.12. The molecule has 0 radical (unpaired) electrons. The van der Waals surface area contributed by atoms with Crippen LogP contribution in [-0.4, -0.2) is 57.1 Å². The standard InChI is InChI=1S/C16H23FN2O5S/c1-24-14-4-3-13(17)11-15(14)25(22,23)19-8-5-12(6-9-19)16(21)18-7-2-10-20/h3-4,11-12,20H,2,5-10H2,1H3,(H,18,21).